The van der Waals surface area contributed by atoms with Crippen LogP contribution in [0.3, 0.4) is 0 Å². The van der Waals surface area contributed by atoms with Crippen LogP contribution in [-0.4, -0.2) is 54.1 Å². The van der Waals surface area contributed by atoms with Gasteiger partial charge in [0.15, 0.2) is 11.3 Å². The minimum Gasteiger partial charge on any atom is -0.492 e. The fourth-order valence-corrected chi connectivity index (χ4v) is 5.69. The van der Waals surface area contributed by atoms with Gasteiger partial charge in [0.1, 0.15) is 22.8 Å². The molecule has 7 aromatic heterocycles. The lowest BCUT2D eigenvalue weighted by Crippen LogP contribution is -2.10. The van der Waals surface area contributed by atoms with Gasteiger partial charge in [-0.25, -0.2) is 34.7 Å². The first-order valence-electron chi connectivity index (χ1n) is 18.5. The molecule has 7 heterocycles. The number of fused-ring (bicyclic) bond motifs is 2. The molecule has 0 aliphatic rings. The van der Waals surface area contributed by atoms with Crippen LogP contribution in [0, 0.1) is 13.8 Å². The normalized spacial score (nSPS) is 10.6. The summed E-state index contributed by atoms with van der Waals surface area (Å²) >= 11 is 0. The number of carbonyl (C=O) groups excluding carboxylic acids is 1. The van der Waals surface area contributed by atoms with Crippen molar-refractivity contribution in [3.05, 3.63) is 145 Å². The van der Waals surface area contributed by atoms with Crippen molar-refractivity contribution in [1.82, 2.24) is 34.9 Å². The van der Waals surface area contributed by atoms with Gasteiger partial charge < -0.3 is 29.6 Å². The van der Waals surface area contributed by atoms with Crippen LogP contribution in [0.25, 0.3) is 22.1 Å². The summed E-state index contributed by atoms with van der Waals surface area (Å²) in [6.45, 7) is 8.21. The number of hydrogen-bond acceptors (Lipinski definition) is 14. The molecule has 0 aliphatic carbocycles. The maximum absolute atomic E-state index is 12.6. The molecule has 58 heavy (non-hydrogen) atoms. The van der Waals surface area contributed by atoms with Gasteiger partial charge >= 0.3 is 5.97 Å². The third-order valence-corrected chi connectivity index (χ3v) is 8.38. The molecule has 0 saturated heterocycles. The van der Waals surface area contributed by atoms with E-state index in [9.17, 15) is 4.79 Å². The number of nitrogens with zero attached hydrogens (tertiary/aromatic N) is 7. The Hall–Kier alpha value is -7.74. The van der Waals surface area contributed by atoms with Crippen molar-refractivity contribution < 1.29 is 23.7 Å². The van der Waals surface area contributed by atoms with E-state index < -0.39 is 5.97 Å². The molecule has 0 radical (unpaired) electrons. The number of para-hydroxylation sites is 1. The average Bonchev–Trinajstić information content (AvgIpc) is 3.24. The lowest BCUT2D eigenvalue weighted by atomic mass is 10.1. The third-order valence-electron chi connectivity index (χ3n) is 8.38. The zero-order chi connectivity index (χ0) is 40.3. The van der Waals surface area contributed by atoms with Crippen molar-refractivity contribution in [2.24, 2.45) is 0 Å². The summed E-state index contributed by atoms with van der Waals surface area (Å²) in [5.41, 5.74) is 6.12. The number of esters is 1. The van der Waals surface area contributed by atoms with Gasteiger partial charge in [-0.3, -0.25) is 4.98 Å². The van der Waals surface area contributed by atoms with Gasteiger partial charge in [-0.05, 0) is 88.4 Å². The number of aryl methyl sites for hydroxylation is 2. The van der Waals surface area contributed by atoms with Gasteiger partial charge in [0, 0.05) is 47.2 Å². The second kappa shape index (κ2) is 18.3. The Labute approximate surface area is 334 Å². The Kier molecular flexibility index (Phi) is 12.1. The number of ether oxygens (including phenoxy) is 4. The van der Waals surface area contributed by atoms with Crippen LogP contribution in [0.5, 0.6) is 29.0 Å². The average molecular weight is 774 g/mol. The Balaban J connectivity index is 0.000000183. The van der Waals surface area contributed by atoms with Crippen molar-refractivity contribution in [2.75, 3.05) is 23.8 Å². The lowest BCUT2D eigenvalue weighted by Gasteiger charge is -2.15. The molecule has 0 aliphatic heterocycles. The highest BCUT2D eigenvalue weighted by Crippen LogP contribution is 2.33. The highest BCUT2D eigenvalue weighted by atomic mass is 16.5. The molecule has 0 saturated carbocycles. The SMILES string of the molecule is CCOC(=O)c1cnc2nc(C)c(OCC)cc2c1Nc1ccc(Oc2ccccc2)nc1.Cc1ccc2c(Nc3ccc(Oc4cccnc4)nc3)ccnc2n1. The maximum Gasteiger partial charge on any atom is 0.341 e. The van der Waals surface area contributed by atoms with Crippen LogP contribution in [0.1, 0.15) is 35.6 Å². The van der Waals surface area contributed by atoms with Crippen molar-refractivity contribution in [2.45, 2.75) is 27.7 Å². The minimum atomic E-state index is -0.482. The van der Waals surface area contributed by atoms with Crippen LogP contribution >= 0.6 is 0 Å². The second-order valence-corrected chi connectivity index (χ2v) is 12.6. The van der Waals surface area contributed by atoms with Crippen molar-refractivity contribution in [3.63, 3.8) is 0 Å². The molecule has 8 aromatic rings. The van der Waals surface area contributed by atoms with E-state index in [1.54, 1.807) is 50.0 Å². The Morgan fingerprint density at radius 2 is 1.36 bits per heavy atom. The smallest absolute Gasteiger partial charge is 0.341 e. The molecule has 0 unspecified atom stereocenters. The predicted octanol–water partition coefficient (Wildman–Crippen LogP) is 9.71. The third kappa shape index (κ3) is 9.55. The van der Waals surface area contributed by atoms with Gasteiger partial charge in [-0.15, -0.1) is 0 Å². The molecule has 0 atom stereocenters. The highest BCUT2D eigenvalue weighted by molar-refractivity contribution is 6.05. The molecule has 0 fully saturated rings. The topological polar surface area (TPSA) is 168 Å². The van der Waals surface area contributed by atoms with Crippen LogP contribution in [0.2, 0.25) is 0 Å². The molecular weight excluding hydrogens is 735 g/mol. The minimum absolute atomic E-state index is 0.250. The summed E-state index contributed by atoms with van der Waals surface area (Å²) in [6, 6.07) is 28.1. The van der Waals surface area contributed by atoms with Crippen molar-refractivity contribution in [1.29, 1.82) is 0 Å². The van der Waals surface area contributed by atoms with Crippen LogP contribution in [-0.2, 0) is 4.74 Å². The predicted molar refractivity (Wildman–Crippen MR) is 222 cm³/mol. The standard InChI is InChI=1S/C25H24N4O4.C19H15N5O/c1-4-31-21-13-19-23(20(25(30)32-5-2)15-27-24(19)28-16(21)3)29-17-11-12-22(26-14-17)33-18-9-7-6-8-10-18;1-13-4-6-16-17(8-10-21-19(16)23-13)24-14-5-7-18(22-11-14)25-15-3-2-9-20-12-15/h6-15H,4-5H2,1-3H3,(H,27,28,29);2-12H,1H3,(H,21,23,24). The molecule has 2 N–H and O–H groups in total. The fourth-order valence-electron chi connectivity index (χ4n) is 5.69. The number of aromatic nitrogens is 7. The quantitative estimate of drug-likeness (QED) is 0.113. The Bertz CT molecular complexity index is 2630. The summed E-state index contributed by atoms with van der Waals surface area (Å²) in [5.74, 6) is 2.45. The zero-order valence-corrected chi connectivity index (χ0v) is 32.2. The van der Waals surface area contributed by atoms with Gasteiger partial charge in [-0.1, -0.05) is 18.2 Å². The summed E-state index contributed by atoms with van der Waals surface area (Å²) in [6.07, 6.45) is 9.90. The lowest BCUT2D eigenvalue weighted by molar-refractivity contribution is 0.0527. The van der Waals surface area contributed by atoms with E-state index in [2.05, 4.69) is 45.5 Å². The summed E-state index contributed by atoms with van der Waals surface area (Å²) in [4.78, 5) is 43.0. The van der Waals surface area contributed by atoms with Crippen LogP contribution < -0.4 is 24.8 Å². The Morgan fingerprint density at radius 3 is 2.05 bits per heavy atom. The molecule has 14 heteroatoms. The van der Waals surface area contributed by atoms with E-state index in [4.69, 9.17) is 18.9 Å². The largest absolute Gasteiger partial charge is 0.492 e. The zero-order valence-electron chi connectivity index (χ0n) is 32.2. The van der Waals surface area contributed by atoms with Gasteiger partial charge in [0.2, 0.25) is 11.8 Å². The monoisotopic (exact) mass is 773 g/mol. The Morgan fingerprint density at radius 1 is 0.638 bits per heavy atom. The van der Waals surface area contributed by atoms with E-state index in [0.717, 1.165) is 33.8 Å². The van der Waals surface area contributed by atoms with Crippen molar-refractivity contribution >= 4 is 50.8 Å². The summed E-state index contributed by atoms with van der Waals surface area (Å²) < 4.78 is 22.3. The number of carbonyl (C=O) groups is 1. The molecule has 0 spiro atoms. The van der Waals surface area contributed by atoms with E-state index in [1.807, 2.05) is 99.6 Å². The van der Waals surface area contributed by atoms with E-state index in [-0.39, 0.29) is 6.61 Å². The first kappa shape index (κ1) is 38.5. The number of hydrogen-bond donors (Lipinski definition) is 2. The maximum atomic E-state index is 12.6. The summed E-state index contributed by atoms with van der Waals surface area (Å²) in [7, 11) is 0. The first-order valence-corrected chi connectivity index (χ1v) is 18.5. The number of benzene rings is 1. The number of rotatable bonds is 12. The number of anilines is 4. The van der Waals surface area contributed by atoms with Crippen LogP contribution in [0.15, 0.2) is 128 Å². The first-order chi connectivity index (χ1) is 28.4. The molecule has 8 rings (SSSR count). The number of nitrogens with one attached hydrogen (secondary N) is 2. The molecule has 1 aromatic carbocycles. The molecule has 290 valence electrons. The second-order valence-electron chi connectivity index (χ2n) is 12.6. The number of pyridine rings is 7. The van der Waals surface area contributed by atoms with Gasteiger partial charge in [-0.2, -0.15) is 0 Å². The highest BCUT2D eigenvalue weighted by Gasteiger charge is 2.19. The molecule has 0 amide bonds. The molecular formula is C44H39N9O5. The molecule has 0 bridgehead atoms. The molecule has 14 nitrogen and oxygen atoms in total. The van der Waals surface area contributed by atoms with E-state index >= 15 is 0 Å². The van der Waals surface area contributed by atoms with Crippen molar-refractivity contribution in [3.8, 4) is 29.0 Å². The fraction of sp³-hybridized carbons (Fsp3) is 0.136. The van der Waals surface area contributed by atoms with Gasteiger partial charge in [0.05, 0.1) is 60.2 Å². The van der Waals surface area contributed by atoms with Crippen LogP contribution in [0.4, 0.5) is 22.7 Å². The summed E-state index contributed by atoms with van der Waals surface area (Å²) in [5, 5.41) is 8.23. The van der Waals surface area contributed by atoms with E-state index in [0.29, 0.717) is 63.6 Å². The van der Waals surface area contributed by atoms with Gasteiger partial charge in [0.25, 0.3) is 0 Å². The van der Waals surface area contributed by atoms with E-state index in [1.165, 1.54) is 6.20 Å².